The number of hydrogen-bond donors (Lipinski definition) is 1. The molecule has 0 saturated carbocycles. The Bertz CT molecular complexity index is 1090. The zero-order valence-corrected chi connectivity index (χ0v) is 18.1. The summed E-state index contributed by atoms with van der Waals surface area (Å²) in [5.41, 5.74) is 2.01. The molecule has 0 spiro atoms. The van der Waals surface area contributed by atoms with Crippen LogP contribution in [0.5, 0.6) is 5.75 Å². The van der Waals surface area contributed by atoms with Crippen molar-refractivity contribution >= 4 is 27.4 Å². The van der Waals surface area contributed by atoms with Gasteiger partial charge in [0.05, 0.1) is 6.54 Å². The summed E-state index contributed by atoms with van der Waals surface area (Å²) in [5.74, 6) is 0.0898. The molecule has 3 rings (SSSR count). The zero-order valence-electron chi connectivity index (χ0n) is 16.5. The molecule has 0 aliphatic carbocycles. The zero-order chi connectivity index (χ0) is 21.1. The molecule has 0 fully saturated rings. The van der Waals surface area contributed by atoms with Gasteiger partial charge in [-0.3, -0.25) is 4.79 Å². The molecule has 1 aromatic heterocycles. The summed E-state index contributed by atoms with van der Waals surface area (Å²) in [5, 5.41) is 2.65. The molecule has 0 atom stereocenters. The van der Waals surface area contributed by atoms with Crippen LogP contribution in [0.4, 0.5) is 0 Å². The first-order valence-electron chi connectivity index (χ1n) is 9.12. The summed E-state index contributed by atoms with van der Waals surface area (Å²) >= 11 is 1.08. The first kappa shape index (κ1) is 21.1. The minimum atomic E-state index is -3.93. The number of hydrogen-bond acceptors (Lipinski definition) is 5. The number of amides is 1. The summed E-state index contributed by atoms with van der Waals surface area (Å²) in [6.07, 6.45) is 0. The van der Waals surface area contributed by atoms with Crippen molar-refractivity contribution < 1.29 is 17.4 Å². The lowest BCUT2D eigenvalue weighted by Gasteiger charge is -2.26. The quantitative estimate of drug-likeness (QED) is 0.562. The van der Waals surface area contributed by atoms with E-state index in [2.05, 4.69) is 31.3 Å². The maximum atomic E-state index is 12.6. The van der Waals surface area contributed by atoms with Crippen molar-refractivity contribution in [1.29, 1.82) is 0 Å². The van der Waals surface area contributed by atoms with Gasteiger partial charge in [-0.1, -0.05) is 56.3 Å². The summed E-state index contributed by atoms with van der Waals surface area (Å²) in [7, 11) is -3.93. The number of carbonyl (C=O) groups excluding carboxylic acids is 1. The maximum Gasteiger partial charge on any atom is 0.348 e. The van der Waals surface area contributed by atoms with Crippen molar-refractivity contribution in [1.82, 2.24) is 5.32 Å². The summed E-state index contributed by atoms with van der Waals surface area (Å²) in [6, 6.07) is 20.4. The number of carbonyl (C=O) groups is 1. The summed E-state index contributed by atoms with van der Waals surface area (Å²) < 4.78 is 30.5. The molecule has 1 heterocycles. The molecule has 5 nitrogen and oxygen atoms in total. The molecular formula is C22H23NO4S2. The second-order valence-electron chi connectivity index (χ2n) is 7.18. The van der Waals surface area contributed by atoms with Gasteiger partial charge in [0.25, 0.3) is 0 Å². The van der Waals surface area contributed by atoms with E-state index in [4.69, 9.17) is 4.18 Å². The summed E-state index contributed by atoms with van der Waals surface area (Å²) in [4.78, 5) is 11.7. The number of benzene rings is 2. The summed E-state index contributed by atoms with van der Waals surface area (Å²) in [6.45, 7) is 5.95. The average molecular weight is 430 g/mol. The fourth-order valence-electron chi connectivity index (χ4n) is 2.92. The lowest BCUT2D eigenvalue weighted by molar-refractivity contribution is -0.119. The van der Waals surface area contributed by atoms with E-state index >= 15 is 0 Å². The van der Waals surface area contributed by atoms with Crippen LogP contribution < -0.4 is 9.50 Å². The Kier molecular flexibility index (Phi) is 6.10. The second kappa shape index (κ2) is 8.39. The Morgan fingerprint density at radius 2 is 1.59 bits per heavy atom. The van der Waals surface area contributed by atoms with E-state index in [1.54, 1.807) is 18.2 Å². The fourth-order valence-corrected chi connectivity index (χ4v) is 5.10. The Balaban J connectivity index is 1.74. The van der Waals surface area contributed by atoms with Gasteiger partial charge in [-0.15, -0.1) is 11.3 Å². The smallest absolute Gasteiger partial charge is 0.348 e. The minimum absolute atomic E-state index is 0.103. The van der Waals surface area contributed by atoms with Crippen molar-refractivity contribution in [3.05, 3.63) is 82.7 Å². The van der Waals surface area contributed by atoms with Crippen LogP contribution in [0.25, 0.3) is 0 Å². The highest BCUT2D eigenvalue weighted by atomic mass is 32.3. The van der Waals surface area contributed by atoms with Crippen LogP contribution in [0, 0.1) is 0 Å². The van der Waals surface area contributed by atoms with Gasteiger partial charge in [-0.05, 0) is 35.4 Å². The fraction of sp³-hybridized carbons (Fsp3) is 0.227. The molecule has 3 aromatic rings. The van der Waals surface area contributed by atoms with E-state index in [0.717, 1.165) is 21.8 Å². The number of nitrogens with one attached hydrogen (secondary N) is 1. The molecule has 1 amide bonds. The Morgan fingerprint density at radius 3 is 2.21 bits per heavy atom. The molecule has 7 heteroatoms. The van der Waals surface area contributed by atoms with Crippen LogP contribution in [0.15, 0.2) is 70.9 Å². The van der Waals surface area contributed by atoms with Gasteiger partial charge in [0.15, 0.2) is 4.21 Å². The van der Waals surface area contributed by atoms with Crippen LogP contribution in [-0.4, -0.2) is 14.3 Å². The van der Waals surface area contributed by atoms with Crippen molar-refractivity contribution in [2.45, 2.75) is 36.9 Å². The monoisotopic (exact) mass is 429 g/mol. The molecule has 0 bridgehead atoms. The van der Waals surface area contributed by atoms with E-state index < -0.39 is 10.1 Å². The predicted octanol–water partition coefficient (Wildman–Crippen LogP) is 4.48. The average Bonchev–Trinajstić information content (AvgIpc) is 3.17. The van der Waals surface area contributed by atoms with Crippen LogP contribution in [-0.2, 0) is 26.9 Å². The lowest BCUT2D eigenvalue weighted by Crippen LogP contribution is -2.18. The SMILES string of the molecule is CC(=O)NCc1ccc(S(=O)(=O)Oc2ccc(C(C)(C)c3ccccc3)cc2)s1. The Morgan fingerprint density at radius 1 is 0.966 bits per heavy atom. The van der Waals surface area contributed by atoms with Crippen molar-refractivity contribution in [2.75, 3.05) is 0 Å². The molecule has 2 aromatic carbocycles. The highest BCUT2D eigenvalue weighted by Gasteiger charge is 2.24. The second-order valence-corrected chi connectivity index (χ2v) is 10.1. The van der Waals surface area contributed by atoms with Crippen molar-refractivity contribution in [2.24, 2.45) is 0 Å². The van der Waals surface area contributed by atoms with E-state index in [-0.39, 0.29) is 21.3 Å². The third-order valence-corrected chi connectivity index (χ3v) is 7.46. The van der Waals surface area contributed by atoms with Gasteiger partial charge in [-0.25, -0.2) is 0 Å². The van der Waals surface area contributed by atoms with Crippen LogP contribution in [0.2, 0.25) is 0 Å². The molecule has 0 aliphatic heterocycles. The standard InChI is InChI=1S/C22H23NO4S2/c1-16(24)23-15-20-13-14-21(28-20)29(25,26)27-19-11-9-18(10-12-19)22(2,3)17-7-5-4-6-8-17/h4-14H,15H2,1-3H3,(H,23,24). The Labute approximate surface area is 175 Å². The first-order chi connectivity index (χ1) is 13.7. The minimum Gasteiger partial charge on any atom is -0.378 e. The maximum absolute atomic E-state index is 12.6. The molecule has 0 aliphatic rings. The highest BCUT2D eigenvalue weighted by molar-refractivity contribution is 7.89. The molecular weight excluding hydrogens is 406 g/mol. The van der Waals surface area contributed by atoms with Gasteiger partial charge >= 0.3 is 10.1 Å². The van der Waals surface area contributed by atoms with Crippen LogP contribution in [0.3, 0.4) is 0 Å². The molecule has 0 saturated heterocycles. The molecule has 1 N–H and O–H groups in total. The Hall–Kier alpha value is -2.64. The van der Waals surface area contributed by atoms with Gasteiger partial charge in [0, 0.05) is 17.2 Å². The normalized spacial score (nSPS) is 11.8. The number of rotatable bonds is 7. The van der Waals surface area contributed by atoms with Crippen molar-refractivity contribution in [3.63, 3.8) is 0 Å². The van der Waals surface area contributed by atoms with Crippen LogP contribution in [0.1, 0.15) is 36.8 Å². The number of thiophene rings is 1. The third-order valence-electron chi connectivity index (χ3n) is 4.67. The highest BCUT2D eigenvalue weighted by Crippen LogP contribution is 2.33. The van der Waals surface area contributed by atoms with Crippen molar-refractivity contribution in [3.8, 4) is 5.75 Å². The van der Waals surface area contributed by atoms with Gasteiger partial charge in [0.1, 0.15) is 5.75 Å². The molecule has 0 radical (unpaired) electrons. The van der Waals surface area contributed by atoms with E-state index in [9.17, 15) is 13.2 Å². The first-order valence-corrected chi connectivity index (χ1v) is 11.3. The van der Waals surface area contributed by atoms with E-state index in [1.165, 1.54) is 18.6 Å². The molecule has 152 valence electrons. The lowest BCUT2D eigenvalue weighted by atomic mass is 9.78. The predicted molar refractivity (Wildman–Crippen MR) is 115 cm³/mol. The van der Waals surface area contributed by atoms with Gasteiger partial charge < -0.3 is 9.50 Å². The largest absolute Gasteiger partial charge is 0.378 e. The van der Waals surface area contributed by atoms with Crippen LogP contribution >= 0.6 is 11.3 Å². The topological polar surface area (TPSA) is 72.5 Å². The van der Waals surface area contributed by atoms with E-state index in [0.29, 0.717) is 6.54 Å². The molecule has 0 unspecified atom stereocenters. The van der Waals surface area contributed by atoms with Gasteiger partial charge in [0.2, 0.25) is 5.91 Å². The molecule has 29 heavy (non-hydrogen) atoms. The third kappa shape index (κ3) is 5.05. The van der Waals surface area contributed by atoms with Gasteiger partial charge in [-0.2, -0.15) is 8.42 Å². The van der Waals surface area contributed by atoms with E-state index in [1.807, 2.05) is 30.3 Å².